The number of hydrogen-bond acceptors (Lipinski definition) is 8. The van der Waals surface area contributed by atoms with Gasteiger partial charge in [0.2, 0.25) is 5.91 Å². The van der Waals surface area contributed by atoms with Crippen LogP contribution >= 0.6 is 11.8 Å². The Morgan fingerprint density at radius 3 is 2.65 bits per heavy atom. The van der Waals surface area contributed by atoms with Gasteiger partial charge in [0.05, 0.1) is 17.3 Å². The molecular formula is C23H25N5O5S. The molecule has 178 valence electrons. The number of carbonyl (C=O) groups excluding carboxylic acids is 1. The fourth-order valence-corrected chi connectivity index (χ4v) is 3.75. The fourth-order valence-electron chi connectivity index (χ4n) is 2.98. The van der Waals surface area contributed by atoms with E-state index in [1.54, 1.807) is 6.08 Å². The predicted molar refractivity (Wildman–Crippen MR) is 129 cm³/mol. The maximum atomic E-state index is 12.3. The molecule has 0 aliphatic carbocycles. The molecule has 0 aliphatic heterocycles. The minimum absolute atomic E-state index is 0.0429. The lowest BCUT2D eigenvalue weighted by Gasteiger charge is -2.13. The maximum absolute atomic E-state index is 12.3. The topological polar surface area (TPSA) is 121 Å². The molecule has 1 heterocycles. The van der Waals surface area contributed by atoms with Crippen molar-refractivity contribution in [1.29, 1.82) is 0 Å². The Morgan fingerprint density at radius 2 is 1.97 bits per heavy atom. The number of nitrogens with zero attached hydrogens (tertiary/aromatic N) is 4. The van der Waals surface area contributed by atoms with Crippen molar-refractivity contribution >= 4 is 29.0 Å². The fraction of sp³-hybridized carbons (Fsp3) is 0.261. The Hall–Kier alpha value is -3.86. The van der Waals surface area contributed by atoms with E-state index in [0.29, 0.717) is 41.3 Å². The molecule has 1 aromatic heterocycles. The third-order valence-corrected chi connectivity index (χ3v) is 5.52. The molecule has 0 unspecified atom stereocenters. The van der Waals surface area contributed by atoms with E-state index in [1.165, 1.54) is 36.0 Å². The number of nitro groups is 1. The average Bonchev–Trinajstić information content (AvgIpc) is 3.19. The van der Waals surface area contributed by atoms with Gasteiger partial charge in [-0.2, -0.15) is 0 Å². The van der Waals surface area contributed by atoms with Gasteiger partial charge in [-0.25, -0.2) is 0 Å². The van der Waals surface area contributed by atoms with Crippen LogP contribution < -0.4 is 14.8 Å². The van der Waals surface area contributed by atoms with Crippen molar-refractivity contribution in [1.82, 2.24) is 14.8 Å². The molecule has 0 saturated carbocycles. The molecule has 0 spiro atoms. The Bertz CT molecular complexity index is 1160. The van der Waals surface area contributed by atoms with Crippen LogP contribution in [0.25, 0.3) is 0 Å². The normalized spacial score (nSPS) is 10.5. The third-order valence-electron chi connectivity index (χ3n) is 4.56. The first-order valence-corrected chi connectivity index (χ1v) is 11.5. The van der Waals surface area contributed by atoms with E-state index in [1.807, 2.05) is 36.6 Å². The predicted octanol–water partition coefficient (Wildman–Crippen LogP) is 4.39. The van der Waals surface area contributed by atoms with Crippen LogP contribution in [0, 0.1) is 17.0 Å². The number of nitro benzene ring substituents is 1. The highest BCUT2D eigenvalue weighted by Crippen LogP contribution is 2.29. The number of benzene rings is 2. The van der Waals surface area contributed by atoms with Crippen molar-refractivity contribution in [3.63, 3.8) is 0 Å². The van der Waals surface area contributed by atoms with Crippen molar-refractivity contribution in [2.75, 3.05) is 17.7 Å². The molecule has 0 fully saturated rings. The highest BCUT2D eigenvalue weighted by atomic mass is 32.2. The first kappa shape index (κ1) is 24.8. The van der Waals surface area contributed by atoms with Gasteiger partial charge in [-0.1, -0.05) is 23.9 Å². The summed E-state index contributed by atoms with van der Waals surface area (Å²) in [6.45, 7) is 8.81. The summed E-state index contributed by atoms with van der Waals surface area (Å²) in [7, 11) is 0. The summed E-state index contributed by atoms with van der Waals surface area (Å²) in [6.07, 6.45) is 1.71. The molecule has 0 radical (unpaired) electrons. The van der Waals surface area contributed by atoms with Gasteiger partial charge in [0.15, 0.2) is 22.5 Å². The number of non-ortho nitro benzene ring substituents is 1. The second-order valence-electron chi connectivity index (χ2n) is 7.11. The van der Waals surface area contributed by atoms with Crippen LogP contribution in [-0.2, 0) is 17.9 Å². The smallest absolute Gasteiger partial charge is 0.269 e. The van der Waals surface area contributed by atoms with E-state index in [2.05, 4.69) is 22.1 Å². The first-order valence-electron chi connectivity index (χ1n) is 10.5. The van der Waals surface area contributed by atoms with Gasteiger partial charge in [-0.05, 0) is 43.7 Å². The summed E-state index contributed by atoms with van der Waals surface area (Å²) in [4.78, 5) is 22.6. The number of anilines is 1. The molecule has 1 N–H and O–H groups in total. The van der Waals surface area contributed by atoms with Crippen LogP contribution in [0.2, 0.25) is 0 Å². The van der Waals surface area contributed by atoms with Crippen molar-refractivity contribution in [3.8, 4) is 11.5 Å². The summed E-state index contributed by atoms with van der Waals surface area (Å²) in [6, 6.07) is 11.3. The summed E-state index contributed by atoms with van der Waals surface area (Å²) in [5, 5.41) is 22.4. The molecular weight excluding hydrogens is 458 g/mol. The molecule has 11 heteroatoms. The standard InChI is InChI=1S/C23H25N5O5S/c1-4-12-27-21(14-33-19-11-6-16(3)13-20(19)32-5-2)25-26-23(27)34-15-22(29)24-17-7-9-18(10-8-17)28(30)31/h4,6-11,13H,1,5,12,14-15H2,2-3H3,(H,24,29). The lowest BCUT2D eigenvalue weighted by molar-refractivity contribution is -0.384. The molecule has 2 aromatic carbocycles. The zero-order valence-electron chi connectivity index (χ0n) is 18.9. The summed E-state index contributed by atoms with van der Waals surface area (Å²) in [5.74, 6) is 1.67. The Balaban J connectivity index is 1.63. The number of hydrogen-bond donors (Lipinski definition) is 1. The van der Waals surface area contributed by atoms with Crippen molar-refractivity contribution in [3.05, 3.63) is 76.6 Å². The number of nitrogens with one attached hydrogen (secondary N) is 1. The number of ether oxygens (including phenoxy) is 2. The van der Waals surface area contributed by atoms with Crippen LogP contribution in [-0.4, -0.2) is 38.0 Å². The third kappa shape index (κ3) is 6.58. The second-order valence-corrected chi connectivity index (χ2v) is 8.05. The molecule has 0 saturated heterocycles. The van der Waals surface area contributed by atoms with Gasteiger partial charge >= 0.3 is 0 Å². The van der Waals surface area contributed by atoms with E-state index in [4.69, 9.17) is 9.47 Å². The zero-order chi connectivity index (χ0) is 24.5. The van der Waals surface area contributed by atoms with Crippen LogP contribution in [0.4, 0.5) is 11.4 Å². The SMILES string of the molecule is C=CCn1c(COc2ccc(C)cc2OCC)nnc1SCC(=O)Nc1ccc([N+](=O)[O-])cc1. The lowest BCUT2D eigenvalue weighted by atomic mass is 10.2. The number of aryl methyl sites for hydroxylation is 1. The van der Waals surface area contributed by atoms with Gasteiger partial charge < -0.3 is 14.8 Å². The van der Waals surface area contributed by atoms with Gasteiger partial charge in [-0.15, -0.1) is 16.8 Å². The van der Waals surface area contributed by atoms with E-state index in [9.17, 15) is 14.9 Å². The van der Waals surface area contributed by atoms with E-state index >= 15 is 0 Å². The van der Waals surface area contributed by atoms with Gasteiger partial charge in [-0.3, -0.25) is 19.5 Å². The van der Waals surface area contributed by atoms with Gasteiger partial charge in [0.25, 0.3) is 5.69 Å². The molecule has 0 atom stereocenters. The van der Waals surface area contributed by atoms with Gasteiger partial charge in [0.1, 0.15) is 6.61 Å². The van der Waals surface area contributed by atoms with Crippen molar-refractivity contribution in [2.24, 2.45) is 0 Å². The number of rotatable bonds is 12. The minimum atomic E-state index is -0.494. The summed E-state index contributed by atoms with van der Waals surface area (Å²) < 4.78 is 13.4. The molecule has 0 bridgehead atoms. The van der Waals surface area contributed by atoms with Crippen molar-refractivity contribution in [2.45, 2.75) is 32.2 Å². The molecule has 0 aliphatic rings. The number of carbonyl (C=O) groups is 1. The van der Waals surface area contributed by atoms with Crippen molar-refractivity contribution < 1.29 is 19.2 Å². The largest absolute Gasteiger partial charge is 0.490 e. The minimum Gasteiger partial charge on any atom is -0.490 e. The number of aromatic nitrogens is 3. The number of amides is 1. The highest BCUT2D eigenvalue weighted by Gasteiger charge is 2.15. The first-order chi connectivity index (χ1) is 16.4. The van der Waals surface area contributed by atoms with Crippen LogP contribution in [0.1, 0.15) is 18.3 Å². The average molecular weight is 484 g/mol. The maximum Gasteiger partial charge on any atom is 0.269 e. The van der Waals surface area contributed by atoms with Crippen LogP contribution in [0.3, 0.4) is 0 Å². The van der Waals surface area contributed by atoms with Crippen LogP contribution in [0.15, 0.2) is 60.3 Å². The number of allylic oxidation sites excluding steroid dienone is 1. The molecule has 34 heavy (non-hydrogen) atoms. The Labute approximate surface area is 201 Å². The molecule has 10 nitrogen and oxygen atoms in total. The monoisotopic (exact) mass is 483 g/mol. The second kappa shape index (κ2) is 11.8. The number of thioether (sulfide) groups is 1. The quantitative estimate of drug-likeness (QED) is 0.174. The summed E-state index contributed by atoms with van der Waals surface area (Å²) >= 11 is 1.22. The Kier molecular flexibility index (Phi) is 8.63. The van der Waals surface area contributed by atoms with E-state index in [-0.39, 0.29) is 24.0 Å². The lowest BCUT2D eigenvalue weighted by Crippen LogP contribution is -2.15. The highest BCUT2D eigenvalue weighted by molar-refractivity contribution is 7.99. The van der Waals surface area contributed by atoms with E-state index in [0.717, 1.165) is 5.56 Å². The summed E-state index contributed by atoms with van der Waals surface area (Å²) in [5.41, 5.74) is 1.50. The Morgan fingerprint density at radius 1 is 1.21 bits per heavy atom. The molecule has 3 aromatic rings. The molecule has 3 rings (SSSR count). The van der Waals surface area contributed by atoms with Gasteiger partial charge in [0, 0.05) is 24.4 Å². The zero-order valence-corrected chi connectivity index (χ0v) is 19.7. The molecule has 1 amide bonds. The van der Waals surface area contributed by atoms with Crippen LogP contribution in [0.5, 0.6) is 11.5 Å². The van der Waals surface area contributed by atoms with E-state index < -0.39 is 4.92 Å².